The number of hydrogen-bond acceptors (Lipinski definition) is 1. The molecule has 106 valence electrons. The van der Waals surface area contributed by atoms with Crippen LogP contribution in [0.2, 0.25) is 5.02 Å². The monoisotopic (exact) mass is 299 g/mol. The molecule has 4 nitrogen and oxygen atoms in total. The Morgan fingerprint density at radius 2 is 1.95 bits per heavy atom. The lowest BCUT2D eigenvalue weighted by Gasteiger charge is -2.08. The Hall–Kier alpha value is -2.46. The number of amides is 2. The van der Waals surface area contributed by atoms with Gasteiger partial charge in [0.25, 0.3) is 0 Å². The third-order valence-corrected chi connectivity index (χ3v) is 3.67. The SMILES string of the molecule is Cc1ccc(NC(=O)Nc2c[nH]c3ccccc23)cc1Cl. The van der Waals surface area contributed by atoms with Crippen LogP contribution in [-0.4, -0.2) is 11.0 Å². The highest BCUT2D eigenvalue weighted by Crippen LogP contribution is 2.23. The van der Waals surface area contributed by atoms with Crippen LogP contribution in [0.1, 0.15) is 5.56 Å². The number of para-hydroxylation sites is 1. The highest BCUT2D eigenvalue weighted by molar-refractivity contribution is 6.31. The number of rotatable bonds is 2. The Kier molecular flexibility index (Phi) is 3.54. The Balaban J connectivity index is 1.75. The smallest absolute Gasteiger partial charge is 0.323 e. The van der Waals surface area contributed by atoms with Gasteiger partial charge in [0.1, 0.15) is 0 Å². The molecule has 0 unspecified atom stereocenters. The zero-order valence-corrected chi connectivity index (χ0v) is 12.2. The summed E-state index contributed by atoms with van der Waals surface area (Å²) in [7, 11) is 0. The molecule has 3 N–H and O–H groups in total. The van der Waals surface area contributed by atoms with Gasteiger partial charge < -0.3 is 15.6 Å². The lowest BCUT2D eigenvalue weighted by atomic mass is 10.2. The fourth-order valence-electron chi connectivity index (χ4n) is 2.13. The van der Waals surface area contributed by atoms with Gasteiger partial charge >= 0.3 is 6.03 Å². The number of urea groups is 1. The second kappa shape index (κ2) is 5.50. The summed E-state index contributed by atoms with van der Waals surface area (Å²) in [6, 6.07) is 12.9. The van der Waals surface area contributed by atoms with Crippen molar-refractivity contribution in [3.63, 3.8) is 0 Å². The van der Waals surface area contributed by atoms with Crippen molar-refractivity contribution in [3.8, 4) is 0 Å². The van der Waals surface area contributed by atoms with Crippen LogP contribution >= 0.6 is 11.6 Å². The predicted molar refractivity (Wildman–Crippen MR) is 87.1 cm³/mol. The van der Waals surface area contributed by atoms with Crippen molar-refractivity contribution >= 4 is 39.9 Å². The molecule has 5 heteroatoms. The molecule has 2 amide bonds. The van der Waals surface area contributed by atoms with Gasteiger partial charge in [0.05, 0.1) is 5.69 Å². The first-order valence-corrected chi connectivity index (χ1v) is 6.91. The fourth-order valence-corrected chi connectivity index (χ4v) is 2.31. The van der Waals surface area contributed by atoms with Crippen LogP contribution in [0.4, 0.5) is 16.2 Å². The lowest BCUT2D eigenvalue weighted by molar-refractivity contribution is 0.262. The van der Waals surface area contributed by atoms with E-state index in [2.05, 4.69) is 15.6 Å². The van der Waals surface area contributed by atoms with Gasteiger partial charge in [-0.1, -0.05) is 35.9 Å². The number of halogens is 1. The summed E-state index contributed by atoms with van der Waals surface area (Å²) in [6.07, 6.45) is 1.77. The van der Waals surface area contributed by atoms with Gasteiger partial charge in [-0.15, -0.1) is 0 Å². The van der Waals surface area contributed by atoms with Crippen LogP contribution in [0, 0.1) is 6.92 Å². The molecule has 3 aromatic rings. The van der Waals surface area contributed by atoms with E-state index in [1.54, 1.807) is 12.3 Å². The molecule has 0 bridgehead atoms. The molecule has 0 aliphatic carbocycles. The molecule has 0 atom stereocenters. The van der Waals surface area contributed by atoms with Gasteiger partial charge in [-0.25, -0.2) is 4.79 Å². The zero-order valence-electron chi connectivity index (χ0n) is 11.4. The van der Waals surface area contributed by atoms with Crippen LogP contribution in [0.5, 0.6) is 0 Å². The van der Waals surface area contributed by atoms with Crippen LogP contribution < -0.4 is 10.6 Å². The maximum atomic E-state index is 12.0. The van der Waals surface area contributed by atoms with Crippen molar-refractivity contribution in [3.05, 3.63) is 59.2 Å². The average molecular weight is 300 g/mol. The quantitative estimate of drug-likeness (QED) is 0.627. The van der Waals surface area contributed by atoms with Crippen molar-refractivity contribution in [2.45, 2.75) is 6.92 Å². The molecular weight excluding hydrogens is 286 g/mol. The molecule has 0 saturated carbocycles. The number of fused-ring (bicyclic) bond motifs is 1. The minimum atomic E-state index is -0.306. The second-order valence-electron chi connectivity index (χ2n) is 4.79. The molecule has 2 aromatic carbocycles. The fraction of sp³-hybridized carbons (Fsp3) is 0.0625. The van der Waals surface area contributed by atoms with Crippen molar-refractivity contribution in [1.29, 1.82) is 0 Å². The summed E-state index contributed by atoms with van der Waals surface area (Å²) < 4.78 is 0. The van der Waals surface area contributed by atoms with Crippen LogP contribution in [0.3, 0.4) is 0 Å². The molecule has 1 aromatic heterocycles. The molecule has 0 spiro atoms. The standard InChI is InChI=1S/C16H14ClN3O/c1-10-6-7-11(8-13(10)17)19-16(21)20-15-9-18-14-5-3-2-4-12(14)15/h2-9,18H,1H3,(H2,19,20,21). The van der Waals surface area contributed by atoms with Gasteiger partial charge in [0, 0.05) is 27.8 Å². The van der Waals surface area contributed by atoms with Gasteiger partial charge in [0.2, 0.25) is 0 Å². The first-order valence-electron chi connectivity index (χ1n) is 6.54. The summed E-state index contributed by atoms with van der Waals surface area (Å²) in [5.74, 6) is 0. The number of anilines is 2. The molecule has 21 heavy (non-hydrogen) atoms. The summed E-state index contributed by atoms with van der Waals surface area (Å²) in [5, 5.41) is 7.18. The third-order valence-electron chi connectivity index (χ3n) is 3.27. The van der Waals surface area contributed by atoms with Gasteiger partial charge in [-0.3, -0.25) is 0 Å². The largest absolute Gasteiger partial charge is 0.359 e. The number of H-pyrrole nitrogens is 1. The molecule has 0 aliphatic heterocycles. The Morgan fingerprint density at radius 1 is 1.14 bits per heavy atom. The summed E-state index contributed by atoms with van der Waals surface area (Å²) in [4.78, 5) is 15.2. The first-order chi connectivity index (χ1) is 10.1. The highest BCUT2D eigenvalue weighted by Gasteiger charge is 2.08. The van der Waals surface area contributed by atoms with Crippen molar-refractivity contribution in [2.24, 2.45) is 0 Å². The number of carbonyl (C=O) groups excluding carboxylic acids is 1. The maximum Gasteiger partial charge on any atom is 0.323 e. The predicted octanol–water partition coefficient (Wildman–Crippen LogP) is 4.77. The van der Waals surface area contributed by atoms with Crippen LogP contribution in [0.15, 0.2) is 48.7 Å². The minimum absolute atomic E-state index is 0.306. The van der Waals surface area contributed by atoms with E-state index in [-0.39, 0.29) is 6.03 Å². The number of aryl methyl sites for hydroxylation is 1. The van der Waals surface area contributed by atoms with E-state index in [0.29, 0.717) is 10.7 Å². The Bertz CT molecular complexity index is 810. The minimum Gasteiger partial charge on any atom is -0.359 e. The third kappa shape index (κ3) is 2.85. The number of hydrogen-bond donors (Lipinski definition) is 3. The van der Waals surface area contributed by atoms with Crippen molar-refractivity contribution < 1.29 is 4.79 Å². The molecule has 3 rings (SSSR count). The normalized spacial score (nSPS) is 10.6. The van der Waals surface area contributed by atoms with E-state index >= 15 is 0 Å². The Labute approximate surface area is 127 Å². The van der Waals surface area contributed by atoms with Crippen molar-refractivity contribution in [1.82, 2.24) is 4.98 Å². The summed E-state index contributed by atoms with van der Waals surface area (Å²) in [6.45, 7) is 1.91. The topological polar surface area (TPSA) is 56.9 Å². The van der Waals surface area contributed by atoms with Crippen LogP contribution in [0.25, 0.3) is 10.9 Å². The Morgan fingerprint density at radius 3 is 2.76 bits per heavy atom. The van der Waals surface area contributed by atoms with Gasteiger partial charge in [-0.05, 0) is 30.7 Å². The number of aromatic nitrogens is 1. The van der Waals surface area contributed by atoms with E-state index in [4.69, 9.17) is 11.6 Å². The lowest BCUT2D eigenvalue weighted by Crippen LogP contribution is -2.19. The first kappa shape index (κ1) is 13.5. The summed E-state index contributed by atoms with van der Waals surface area (Å²) in [5.41, 5.74) is 3.34. The van der Waals surface area contributed by atoms with Crippen molar-refractivity contribution in [2.75, 3.05) is 10.6 Å². The molecule has 0 aliphatic rings. The van der Waals surface area contributed by atoms with Crippen LogP contribution in [-0.2, 0) is 0 Å². The summed E-state index contributed by atoms with van der Waals surface area (Å²) >= 11 is 6.04. The molecule has 0 saturated heterocycles. The van der Waals surface area contributed by atoms with Gasteiger partial charge in [-0.2, -0.15) is 0 Å². The van der Waals surface area contributed by atoms with E-state index in [9.17, 15) is 4.79 Å². The van der Waals surface area contributed by atoms with E-state index in [0.717, 1.165) is 22.2 Å². The molecule has 0 radical (unpaired) electrons. The number of benzene rings is 2. The average Bonchev–Trinajstić information content (AvgIpc) is 2.86. The molecule has 1 heterocycles. The second-order valence-corrected chi connectivity index (χ2v) is 5.20. The zero-order chi connectivity index (χ0) is 14.8. The van der Waals surface area contributed by atoms with E-state index in [1.807, 2.05) is 43.3 Å². The van der Waals surface area contributed by atoms with Gasteiger partial charge in [0.15, 0.2) is 0 Å². The molecular formula is C16H14ClN3O. The van der Waals surface area contributed by atoms with E-state index < -0.39 is 0 Å². The number of aromatic amines is 1. The highest BCUT2D eigenvalue weighted by atomic mass is 35.5. The maximum absolute atomic E-state index is 12.0. The number of carbonyl (C=O) groups is 1. The molecule has 0 fully saturated rings. The van der Waals surface area contributed by atoms with E-state index in [1.165, 1.54) is 0 Å². The number of nitrogens with one attached hydrogen (secondary N) is 3.